The number of fused-ring (bicyclic) bond motifs is 10. The van der Waals surface area contributed by atoms with E-state index in [1.807, 2.05) is 0 Å². The lowest BCUT2D eigenvalue weighted by atomic mass is 9.81. The van der Waals surface area contributed by atoms with Gasteiger partial charge < -0.3 is 17.7 Å². The fraction of sp³-hybridized carbons (Fsp3) is 0.833. The SMILES string of the molecule is C[Si](C)(O[Si](C)(C)[C@H]1C[C@H]2C[C@@H]1[C@H]1C(=O)OC(=O)[C@@H]21)O[Si](C)(C)[C@H]1C[C@H]2C[C@@H]1[C@H]1C(=O)OC(=O)[C@@H]21. The second kappa shape index (κ2) is 7.46. The minimum absolute atomic E-state index is 0.175. The van der Waals surface area contributed by atoms with Crippen LogP contribution in [0.1, 0.15) is 25.7 Å². The third kappa shape index (κ3) is 3.48. The minimum Gasteiger partial charge on any atom is -0.436 e. The minimum atomic E-state index is -2.54. The zero-order chi connectivity index (χ0) is 25.2. The molecule has 0 aromatic heterocycles. The highest BCUT2D eigenvalue weighted by Gasteiger charge is 2.68. The number of cyclic esters (lactones) is 4. The molecule has 2 aliphatic heterocycles. The third-order valence-corrected chi connectivity index (χ3v) is 23.3. The number of ether oxygens (including phenoxy) is 2. The molecule has 4 saturated carbocycles. The molecular weight excluding hydrogens is 501 g/mol. The van der Waals surface area contributed by atoms with Crippen LogP contribution in [0.3, 0.4) is 0 Å². The number of rotatable bonds is 6. The number of carbonyl (C=O) groups excluding carboxylic acids is 4. The van der Waals surface area contributed by atoms with Gasteiger partial charge in [0.05, 0.1) is 23.7 Å². The van der Waals surface area contributed by atoms with E-state index in [1.54, 1.807) is 0 Å². The fourth-order valence-corrected chi connectivity index (χ4v) is 25.9. The van der Waals surface area contributed by atoms with Crippen LogP contribution in [0.5, 0.6) is 0 Å². The second-order valence-corrected chi connectivity index (χ2v) is 25.7. The molecule has 0 unspecified atom stereocenters. The maximum atomic E-state index is 12.4. The Bertz CT molecular complexity index is 946. The van der Waals surface area contributed by atoms with Gasteiger partial charge in [-0.25, -0.2) is 0 Å². The van der Waals surface area contributed by atoms with E-state index >= 15 is 0 Å². The topological polar surface area (TPSA) is 105 Å². The van der Waals surface area contributed by atoms with Gasteiger partial charge in [0.2, 0.25) is 0 Å². The van der Waals surface area contributed by atoms with Gasteiger partial charge in [0, 0.05) is 0 Å². The summed E-state index contributed by atoms with van der Waals surface area (Å²) in [6.07, 6.45) is 3.72. The van der Waals surface area contributed by atoms with Gasteiger partial charge in [0.1, 0.15) is 0 Å². The van der Waals surface area contributed by atoms with Gasteiger partial charge in [0.15, 0.2) is 16.6 Å². The van der Waals surface area contributed by atoms with Gasteiger partial charge in [-0.05, 0) is 99.7 Å². The van der Waals surface area contributed by atoms with E-state index in [9.17, 15) is 19.2 Å². The summed E-state index contributed by atoms with van der Waals surface area (Å²) in [5.74, 6) is -1.53. The third-order valence-electron chi connectivity index (χ3n) is 10.3. The molecule has 0 aromatic carbocycles. The Kier molecular flexibility index (Phi) is 5.16. The van der Waals surface area contributed by atoms with Gasteiger partial charge in [-0.2, -0.15) is 0 Å². The number of carbonyl (C=O) groups is 4. The van der Waals surface area contributed by atoms with Crippen LogP contribution >= 0.6 is 0 Å². The van der Waals surface area contributed by atoms with E-state index in [0.29, 0.717) is 11.1 Å². The maximum Gasteiger partial charge on any atom is 0.317 e. The zero-order valence-electron chi connectivity index (χ0n) is 21.4. The van der Waals surface area contributed by atoms with Crippen molar-refractivity contribution in [3.05, 3.63) is 0 Å². The highest BCUT2D eigenvalue weighted by Crippen LogP contribution is 2.65. The molecule has 2 heterocycles. The average molecular weight is 537 g/mol. The lowest BCUT2D eigenvalue weighted by molar-refractivity contribution is -0.156. The first-order chi connectivity index (χ1) is 16.2. The van der Waals surface area contributed by atoms with Crippen LogP contribution in [0.2, 0.25) is 50.4 Å². The van der Waals surface area contributed by atoms with Gasteiger partial charge >= 0.3 is 32.4 Å². The second-order valence-electron chi connectivity index (χ2n) is 13.4. The van der Waals surface area contributed by atoms with Crippen molar-refractivity contribution < 1.29 is 36.9 Å². The number of esters is 4. The van der Waals surface area contributed by atoms with E-state index < -0.39 is 25.2 Å². The lowest BCUT2D eigenvalue weighted by Gasteiger charge is -2.46. The Labute approximate surface area is 209 Å². The molecule has 6 rings (SSSR count). The summed E-state index contributed by atoms with van der Waals surface area (Å²) in [5.41, 5.74) is 0.629. The number of hydrogen-bond acceptors (Lipinski definition) is 8. The Morgan fingerprint density at radius 3 is 1.29 bits per heavy atom. The van der Waals surface area contributed by atoms with Gasteiger partial charge in [-0.15, -0.1) is 0 Å². The smallest absolute Gasteiger partial charge is 0.317 e. The monoisotopic (exact) mass is 536 g/mol. The Morgan fingerprint density at radius 1 is 0.571 bits per heavy atom. The highest BCUT2D eigenvalue weighted by molar-refractivity contribution is 6.88. The summed E-state index contributed by atoms with van der Waals surface area (Å²) in [4.78, 5) is 49.1. The molecule has 0 N–H and O–H groups in total. The van der Waals surface area contributed by atoms with Crippen molar-refractivity contribution in [1.29, 1.82) is 0 Å². The quantitative estimate of drug-likeness (QED) is 0.288. The van der Waals surface area contributed by atoms with Crippen molar-refractivity contribution in [2.24, 2.45) is 47.3 Å². The van der Waals surface area contributed by atoms with Crippen molar-refractivity contribution in [2.75, 3.05) is 0 Å². The lowest BCUT2D eigenvalue weighted by Crippen LogP contribution is -2.57. The molecule has 4 aliphatic carbocycles. The fourth-order valence-electron chi connectivity index (χ4n) is 9.55. The van der Waals surface area contributed by atoms with Crippen molar-refractivity contribution in [3.8, 4) is 0 Å². The van der Waals surface area contributed by atoms with Crippen molar-refractivity contribution >= 4 is 49.1 Å². The molecule has 0 aromatic rings. The maximum absolute atomic E-state index is 12.4. The first kappa shape index (κ1) is 24.2. The van der Waals surface area contributed by atoms with Crippen molar-refractivity contribution in [2.45, 2.75) is 76.0 Å². The molecule has 11 heteroatoms. The molecule has 4 bridgehead atoms. The van der Waals surface area contributed by atoms with E-state index in [-0.39, 0.29) is 71.2 Å². The van der Waals surface area contributed by atoms with E-state index in [4.69, 9.17) is 17.7 Å². The molecule has 0 radical (unpaired) electrons. The zero-order valence-corrected chi connectivity index (χ0v) is 24.4. The molecular formula is C24H36O8Si3. The van der Waals surface area contributed by atoms with Crippen molar-refractivity contribution in [3.63, 3.8) is 0 Å². The summed E-state index contributed by atoms with van der Waals surface area (Å²) >= 11 is 0. The van der Waals surface area contributed by atoms with E-state index in [2.05, 4.69) is 39.3 Å². The van der Waals surface area contributed by atoms with Crippen LogP contribution in [0.15, 0.2) is 0 Å². The van der Waals surface area contributed by atoms with Crippen LogP contribution in [0.25, 0.3) is 0 Å². The van der Waals surface area contributed by atoms with Gasteiger partial charge in [-0.3, -0.25) is 19.2 Å². The number of hydrogen-bond donors (Lipinski definition) is 0. The summed E-state index contributed by atoms with van der Waals surface area (Å²) in [5, 5.41) is 0. The van der Waals surface area contributed by atoms with Gasteiger partial charge in [0.25, 0.3) is 0 Å². The Balaban J connectivity index is 1.15. The summed E-state index contributed by atoms with van der Waals surface area (Å²) < 4.78 is 23.9. The highest BCUT2D eigenvalue weighted by atomic mass is 28.5. The molecule has 2 saturated heterocycles. The van der Waals surface area contributed by atoms with E-state index in [1.165, 1.54) is 0 Å². The average Bonchev–Trinajstić information content (AvgIpc) is 3.51. The molecule has 35 heavy (non-hydrogen) atoms. The first-order valence-corrected chi connectivity index (χ1v) is 21.9. The molecule has 0 spiro atoms. The van der Waals surface area contributed by atoms with Crippen LogP contribution in [-0.2, 0) is 36.9 Å². The van der Waals surface area contributed by atoms with Gasteiger partial charge in [-0.1, -0.05) is 0 Å². The molecule has 0 amide bonds. The molecule has 192 valence electrons. The Hall–Kier alpha value is -1.15. The molecule has 10 atom stereocenters. The predicted molar refractivity (Wildman–Crippen MR) is 131 cm³/mol. The van der Waals surface area contributed by atoms with E-state index in [0.717, 1.165) is 25.7 Å². The largest absolute Gasteiger partial charge is 0.436 e. The van der Waals surface area contributed by atoms with Crippen molar-refractivity contribution in [1.82, 2.24) is 0 Å². The normalized spacial score (nSPS) is 44.2. The van der Waals surface area contributed by atoms with Crippen LogP contribution in [-0.4, -0.2) is 49.1 Å². The first-order valence-electron chi connectivity index (χ1n) is 13.1. The summed E-state index contributed by atoms with van der Waals surface area (Å²) in [6.45, 7) is 13.2. The summed E-state index contributed by atoms with van der Waals surface area (Å²) in [7, 11) is -7.03. The molecule has 8 nitrogen and oxygen atoms in total. The Morgan fingerprint density at radius 2 is 0.914 bits per heavy atom. The van der Waals surface area contributed by atoms with Crippen LogP contribution < -0.4 is 0 Å². The predicted octanol–water partition coefficient (Wildman–Crippen LogP) is 3.58. The molecule has 6 fully saturated rings. The molecule has 6 aliphatic rings. The summed E-state index contributed by atoms with van der Waals surface area (Å²) in [6, 6.07) is 0. The van der Waals surface area contributed by atoms with Crippen LogP contribution in [0.4, 0.5) is 0 Å². The van der Waals surface area contributed by atoms with Crippen LogP contribution in [0, 0.1) is 47.3 Å². The standard InChI is InChI=1S/C24H36O8Si3/c1-33(2,15-9-11-7-13(15)19-17(11)21(25)29-23(19)27)31-35(5,6)32-34(3,4)16-10-12-8-14(16)20-18(12)22(26)30-24(20)28/h11-20H,7-10H2,1-6H3/t11-,12-,13+,14+,15+,16+,17+,18+,19-,20-/m1/s1.